The summed E-state index contributed by atoms with van der Waals surface area (Å²) < 4.78 is 60.9. The third kappa shape index (κ3) is 4.70. The van der Waals surface area contributed by atoms with E-state index in [9.17, 15) is 14.4 Å². The normalized spacial score (nSPS) is 20.6. The van der Waals surface area contributed by atoms with Gasteiger partial charge in [-0.1, -0.05) is 44.2 Å². The number of Topliss-reactive ketones (excluding diaryl/α,β-unsaturated/α-hetero) is 1. The number of methoxy groups -OCH3 is 3. The van der Waals surface area contributed by atoms with Gasteiger partial charge >= 0.3 is 6.18 Å². The van der Waals surface area contributed by atoms with Crippen molar-refractivity contribution in [3.63, 3.8) is 0 Å². The Balaban J connectivity index is 1.87. The van der Waals surface area contributed by atoms with Crippen LogP contribution in [0, 0.1) is 5.41 Å². The minimum absolute atomic E-state index is 0.0295. The minimum Gasteiger partial charge on any atom is -0.493 e. The number of alkyl halides is 3. The molecule has 11 heteroatoms. The van der Waals surface area contributed by atoms with E-state index in [1.165, 1.54) is 33.5 Å². The van der Waals surface area contributed by atoms with Gasteiger partial charge in [-0.25, -0.2) is 0 Å². The zero-order valence-corrected chi connectivity index (χ0v) is 22.2. The van der Waals surface area contributed by atoms with Crippen LogP contribution < -0.4 is 19.5 Å². The van der Waals surface area contributed by atoms with Crippen molar-refractivity contribution in [2.75, 3.05) is 21.3 Å². The number of ether oxygens (including phenoxy) is 3. The Morgan fingerprint density at radius 2 is 1.56 bits per heavy atom. The SMILES string of the molecule is COc1cc(C(=O)N[C@]2(C(F)(F)F)C(=O)N(Cc3ccccc3)C3=C2C(=O)CC(C)(C)C3)cc(OC)c1OC. The number of nitrogens with one attached hydrogen (secondary N) is 1. The molecule has 2 aromatic rings. The first-order valence-corrected chi connectivity index (χ1v) is 12.1. The van der Waals surface area contributed by atoms with Crippen molar-refractivity contribution in [1.29, 1.82) is 0 Å². The summed E-state index contributed by atoms with van der Waals surface area (Å²) >= 11 is 0. The molecule has 39 heavy (non-hydrogen) atoms. The molecule has 0 radical (unpaired) electrons. The molecule has 4 rings (SSSR count). The number of allylic oxidation sites excluding steroid dienone is 1. The van der Waals surface area contributed by atoms with Crippen molar-refractivity contribution >= 4 is 17.6 Å². The van der Waals surface area contributed by atoms with E-state index >= 15 is 13.2 Å². The molecule has 2 aromatic carbocycles. The van der Waals surface area contributed by atoms with Gasteiger partial charge < -0.3 is 24.4 Å². The molecule has 0 spiro atoms. The van der Waals surface area contributed by atoms with Gasteiger partial charge in [-0.15, -0.1) is 0 Å². The van der Waals surface area contributed by atoms with Gasteiger partial charge in [-0.2, -0.15) is 13.2 Å². The van der Waals surface area contributed by atoms with Crippen molar-refractivity contribution in [3.8, 4) is 17.2 Å². The number of halogens is 3. The summed E-state index contributed by atoms with van der Waals surface area (Å²) in [5.74, 6) is -3.33. The van der Waals surface area contributed by atoms with Gasteiger partial charge in [0.15, 0.2) is 17.3 Å². The molecule has 0 saturated carbocycles. The summed E-state index contributed by atoms with van der Waals surface area (Å²) in [6, 6.07) is 10.8. The number of carbonyl (C=O) groups is 3. The maximum absolute atomic E-state index is 15.1. The predicted molar refractivity (Wildman–Crippen MR) is 134 cm³/mol. The average Bonchev–Trinajstić information content (AvgIpc) is 3.10. The quantitative estimate of drug-likeness (QED) is 0.553. The number of carbonyl (C=O) groups excluding carboxylic acids is 3. The van der Waals surface area contributed by atoms with E-state index in [1.54, 1.807) is 44.2 Å². The van der Waals surface area contributed by atoms with Gasteiger partial charge in [0.2, 0.25) is 11.3 Å². The standard InChI is InChI=1S/C28H29F3N2O6/c1-26(2)13-18-22(19(34)14-26)27(28(29,30)31,25(36)33(18)15-16-9-7-6-8-10-16)32-24(35)17-11-20(37-3)23(39-5)21(12-17)38-4/h6-12H,13-15H2,1-5H3,(H,32,35)/t27-/m0/s1. The van der Waals surface area contributed by atoms with E-state index in [4.69, 9.17) is 14.2 Å². The van der Waals surface area contributed by atoms with E-state index in [2.05, 4.69) is 0 Å². The number of ketones is 1. The fourth-order valence-corrected chi connectivity index (χ4v) is 5.21. The molecule has 2 aliphatic rings. The second kappa shape index (κ2) is 9.94. The first-order valence-electron chi connectivity index (χ1n) is 12.1. The van der Waals surface area contributed by atoms with Crippen LogP contribution in [0.4, 0.5) is 13.2 Å². The average molecular weight is 547 g/mol. The highest BCUT2D eigenvalue weighted by atomic mass is 19.4. The third-order valence-corrected chi connectivity index (χ3v) is 6.96. The van der Waals surface area contributed by atoms with Gasteiger partial charge in [0, 0.05) is 17.7 Å². The number of rotatable bonds is 7. The second-order valence-electron chi connectivity index (χ2n) is 10.3. The zero-order valence-electron chi connectivity index (χ0n) is 22.2. The summed E-state index contributed by atoms with van der Waals surface area (Å²) in [6.45, 7) is 3.31. The highest BCUT2D eigenvalue weighted by Gasteiger charge is 2.71. The Kier molecular flexibility index (Phi) is 7.14. The summed E-state index contributed by atoms with van der Waals surface area (Å²) in [4.78, 5) is 41.6. The molecule has 0 unspecified atom stereocenters. The van der Waals surface area contributed by atoms with E-state index in [0.717, 1.165) is 4.90 Å². The lowest BCUT2D eigenvalue weighted by molar-refractivity contribution is -0.190. The first kappa shape index (κ1) is 28.0. The zero-order chi connectivity index (χ0) is 28.8. The minimum atomic E-state index is -5.33. The van der Waals surface area contributed by atoms with Crippen molar-refractivity contribution in [2.24, 2.45) is 5.41 Å². The molecule has 208 valence electrons. The largest absolute Gasteiger partial charge is 0.493 e. The number of benzene rings is 2. The number of nitrogens with zero attached hydrogens (tertiary/aromatic N) is 1. The Hall–Kier alpha value is -4.02. The monoisotopic (exact) mass is 546 g/mol. The van der Waals surface area contributed by atoms with Crippen LogP contribution in [0.25, 0.3) is 0 Å². The second-order valence-corrected chi connectivity index (χ2v) is 10.3. The Bertz CT molecular complexity index is 1330. The number of hydrogen-bond acceptors (Lipinski definition) is 6. The number of amides is 2. The molecule has 1 aliphatic carbocycles. The lowest BCUT2D eigenvalue weighted by atomic mass is 9.72. The summed E-state index contributed by atoms with van der Waals surface area (Å²) in [7, 11) is 3.91. The summed E-state index contributed by atoms with van der Waals surface area (Å²) in [5, 5.41) is 1.93. The van der Waals surface area contributed by atoms with Crippen LogP contribution >= 0.6 is 0 Å². The van der Waals surface area contributed by atoms with Gasteiger partial charge in [-0.3, -0.25) is 14.4 Å². The first-order chi connectivity index (χ1) is 18.3. The lowest BCUT2D eigenvalue weighted by Gasteiger charge is -2.35. The van der Waals surface area contributed by atoms with E-state index in [1.807, 2.05) is 5.32 Å². The van der Waals surface area contributed by atoms with Crippen LogP contribution in [-0.2, 0) is 16.1 Å². The van der Waals surface area contributed by atoms with Crippen molar-refractivity contribution in [3.05, 3.63) is 64.9 Å². The molecule has 0 fully saturated rings. The van der Waals surface area contributed by atoms with Crippen molar-refractivity contribution < 1.29 is 41.8 Å². The maximum Gasteiger partial charge on any atom is 0.425 e. The van der Waals surface area contributed by atoms with E-state index < -0.39 is 40.3 Å². The molecule has 1 N–H and O–H groups in total. The molecule has 1 heterocycles. The molecular formula is C28H29F3N2O6. The Morgan fingerprint density at radius 3 is 2.08 bits per heavy atom. The highest BCUT2D eigenvalue weighted by molar-refractivity contribution is 6.14. The fourth-order valence-electron chi connectivity index (χ4n) is 5.21. The van der Waals surface area contributed by atoms with Crippen LogP contribution in [0.15, 0.2) is 53.7 Å². The molecule has 0 aromatic heterocycles. The molecule has 0 bridgehead atoms. The predicted octanol–water partition coefficient (Wildman–Crippen LogP) is 4.43. The van der Waals surface area contributed by atoms with Crippen molar-refractivity contribution in [2.45, 2.75) is 44.9 Å². The van der Waals surface area contributed by atoms with E-state index in [0.29, 0.717) is 5.56 Å². The third-order valence-electron chi connectivity index (χ3n) is 6.96. The van der Waals surface area contributed by atoms with Crippen LogP contribution in [-0.4, -0.2) is 55.5 Å². The van der Waals surface area contributed by atoms with Crippen molar-refractivity contribution in [1.82, 2.24) is 10.2 Å². The summed E-state index contributed by atoms with van der Waals surface area (Å²) in [6.07, 6.45) is -5.50. The Morgan fingerprint density at radius 1 is 0.974 bits per heavy atom. The summed E-state index contributed by atoms with van der Waals surface area (Å²) in [5.41, 5.74) is -4.74. The molecule has 1 atom stereocenters. The van der Waals surface area contributed by atoms with Gasteiger partial charge in [0.1, 0.15) is 0 Å². The van der Waals surface area contributed by atoms with Crippen LogP contribution in [0.1, 0.15) is 42.6 Å². The van der Waals surface area contributed by atoms with Gasteiger partial charge in [-0.05, 0) is 29.5 Å². The van der Waals surface area contributed by atoms with E-state index in [-0.39, 0.29) is 47.9 Å². The Labute approximate surface area is 223 Å². The van der Waals surface area contributed by atoms with Gasteiger partial charge in [0.05, 0.1) is 33.4 Å². The van der Waals surface area contributed by atoms with Crippen LogP contribution in [0.5, 0.6) is 17.2 Å². The number of hydrogen-bond donors (Lipinski definition) is 1. The molecule has 1 aliphatic heterocycles. The lowest BCUT2D eigenvalue weighted by Crippen LogP contribution is -2.66. The maximum atomic E-state index is 15.1. The smallest absolute Gasteiger partial charge is 0.425 e. The highest BCUT2D eigenvalue weighted by Crippen LogP contribution is 2.52. The molecule has 2 amide bonds. The fraction of sp³-hybridized carbons (Fsp3) is 0.393. The van der Waals surface area contributed by atoms with Crippen LogP contribution in [0.2, 0.25) is 0 Å². The van der Waals surface area contributed by atoms with Crippen LogP contribution in [0.3, 0.4) is 0 Å². The molecule has 8 nitrogen and oxygen atoms in total. The molecule has 0 saturated heterocycles. The van der Waals surface area contributed by atoms with Gasteiger partial charge in [0.25, 0.3) is 11.8 Å². The topological polar surface area (TPSA) is 94.2 Å². The molecular weight excluding hydrogens is 517 g/mol.